The second-order valence-electron chi connectivity index (χ2n) is 4.13. The molecule has 0 unspecified atom stereocenters. The third-order valence-electron chi connectivity index (χ3n) is 2.99. The van der Waals surface area contributed by atoms with Crippen molar-refractivity contribution < 1.29 is 0 Å². The monoisotopic (exact) mass is 310 g/mol. The van der Waals surface area contributed by atoms with Crippen molar-refractivity contribution in [1.29, 1.82) is 0 Å². The van der Waals surface area contributed by atoms with Gasteiger partial charge in [0.25, 0.3) is 0 Å². The molecule has 0 aliphatic heterocycles. The van der Waals surface area contributed by atoms with E-state index < -0.39 is 0 Å². The van der Waals surface area contributed by atoms with E-state index in [0.717, 1.165) is 23.1 Å². The minimum atomic E-state index is 1.08. The fraction of sp³-hybridized carbons (Fsp3) is 0.333. The summed E-state index contributed by atoms with van der Waals surface area (Å²) in [5.41, 5.74) is 7.19. The highest BCUT2D eigenvalue weighted by atomic mass is 127. The van der Waals surface area contributed by atoms with Gasteiger partial charge in [0.15, 0.2) is 0 Å². The van der Waals surface area contributed by atoms with Crippen molar-refractivity contribution >= 4 is 33.6 Å². The van der Waals surface area contributed by atoms with Gasteiger partial charge in [-0.3, -0.25) is 9.97 Å². The van der Waals surface area contributed by atoms with Crippen LogP contribution in [0, 0.1) is 17.4 Å². The van der Waals surface area contributed by atoms with Gasteiger partial charge in [-0.15, -0.1) is 0 Å². The molecule has 0 N–H and O–H groups in total. The van der Waals surface area contributed by atoms with Gasteiger partial charge in [0.1, 0.15) is 5.52 Å². The van der Waals surface area contributed by atoms with Crippen LogP contribution in [0.25, 0.3) is 11.0 Å². The minimum absolute atomic E-state index is 1.08. The van der Waals surface area contributed by atoms with Crippen molar-refractivity contribution in [3.8, 4) is 0 Å². The maximum absolute atomic E-state index is 4.70. The quantitative estimate of drug-likeness (QED) is 0.699. The Morgan fingerprint density at radius 2 is 1.93 bits per heavy atom. The number of fused-ring (bicyclic) bond motifs is 2. The Morgan fingerprint density at radius 1 is 1.13 bits per heavy atom. The lowest BCUT2D eigenvalue weighted by molar-refractivity contribution is 0.790. The molecule has 0 bridgehead atoms. The third-order valence-corrected chi connectivity index (χ3v) is 4.15. The summed E-state index contributed by atoms with van der Waals surface area (Å²) >= 11 is 2.41. The van der Waals surface area contributed by atoms with Crippen molar-refractivity contribution in [2.45, 2.75) is 26.7 Å². The molecule has 1 aliphatic rings. The summed E-state index contributed by atoms with van der Waals surface area (Å²) < 4.78 is 1.31. The second kappa shape index (κ2) is 3.14. The van der Waals surface area contributed by atoms with Crippen LogP contribution >= 0.6 is 22.6 Å². The van der Waals surface area contributed by atoms with Gasteiger partial charge in [0.2, 0.25) is 0 Å². The van der Waals surface area contributed by atoms with Crippen molar-refractivity contribution in [1.82, 2.24) is 9.97 Å². The van der Waals surface area contributed by atoms with E-state index in [2.05, 4.69) is 40.6 Å². The molecule has 2 aromatic rings. The normalized spacial score (nSPS) is 13.8. The molecule has 0 saturated heterocycles. The Kier molecular flexibility index (Phi) is 1.99. The van der Waals surface area contributed by atoms with Crippen molar-refractivity contribution in [2.24, 2.45) is 0 Å². The number of hydrogen-bond acceptors (Lipinski definition) is 2. The molecular weight excluding hydrogens is 299 g/mol. The van der Waals surface area contributed by atoms with Gasteiger partial charge >= 0.3 is 0 Å². The van der Waals surface area contributed by atoms with Gasteiger partial charge in [-0.2, -0.15) is 0 Å². The van der Waals surface area contributed by atoms with Crippen LogP contribution in [0.2, 0.25) is 0 Å². The number of halogens is 1. The number of rotatable bonds is 0. The summed E-state index contributed by atoms with van der Waals surface area (Å²) in [6.45, 7) is 4.16. The maximum atomic E-state index is 4.70. The van der Waals surface area contributed by atoms with E-state index in [1.54, 1.807) is 0 Å². The predicted octanol–water partition coefficient (Wildman–Crippen LogP) is 2.95. The lowest BCUT2D eigenvalue weighted by Gasteiger charge is -2.20. The fourth-order valence-electron chi connectivity index (χ4n) is 2.12. The summed E-state index contributed by atoms with van der Waals surface area (Å²) in [6, 6.07) is 2.11. The van der Waals surface area contributed by atoms with Crippen LogP contribution in [-0.2, 0) is 12.8 Å². The molecule has 0 saturated carbocycles. The molecule has 76 valence electrons. The number of pyridine rings is 2. The molecule has 0 amide bonds. The average Bonchev–Trinajstić information content (AvgIpc) is 2.11. The Bertz CT molecular complexity index is 576. The van der Waals surface area contributed by atoms with E-state index in [1.165, 1.54) is 26.8 Å². The molecule has 0 spiro atoms. The van der Waals surface area contributed by atoms with Crippen LogP contribution in [0.5, 0.6) is 0 Å². The van der Waals surface area contributed by atoms with Crippen LogP contribution in [0.15, 0.2) is 6.07 Å². The van der Waals surface area contributed by atoms with Gasteiger partial charge in [-0.1, -0.05) is 0 Å². The van der Waals surface area contributed by atoms with Gasteiger partial charge in [0.05, 0.1) is 5.52 Å². The molecule has 3 heteroatoms. The van der Waals surface area contributed by atoms with Gasteiger partial charge < -0.3 is 0 Å². The zero-order valence-electron chi connectivity index (χ0n) is 8.76. The van der Waals surface area contributed by atoms with Crippen LogP contribution in [0.3, 0.4) is 0 Å². The zero-order valence-corrected chi connectivity index (χ0v) is 10.9. The molecule has 0 atom stereocenters. The molecular formula is C12H11IN2. The van der Waals surface area contributed by atoms with E-state index >= 15 is 0 Å². The summed E-state index contributed by atoms with van der Waals surface area (Å²) in [5, 5.41) is 0. The highest BCUT2D eigenvalue weighted by molar-refractivity contribution is 14.1. The lowest BCUT2D eigenvalue weighted by Crippen LogP contribution is -2.14. The Labute approximate surface area is 102 Å². The first-order valence-electron chi connectivity index (χ1n) is 5.12. The van der Waals surface area contributed by atoms with Gasteiger partial charge in [0, 0.05) is 15.0 Å². The fourth-order valence-corrected chi connectivity index (χ4v) is 3.08. The first-order valence-corrected chi connectivity index (χ1v) is 6.20. The molecule has 3 rings (SSSR count). The minimum Gasteiger partial charge on any atom is -0.251 e. The smallest absolute Gasteiger partial charge is 0.103 e. The summed E-state index contributed by atoms with van der Waals surface area (Å²) in [4.78, 5) is 9.30. The number of nitrogens with zero attached hydrogens (tertiary/aromatic N) is 2. The van der Waals surface area contributed by atoms with E-state index in [0.29, 0.717) is 0 Å². The molecule has 2 nitrogen and oxygen atoms in total. The topological polar surface area (TPSA) is 25.8 Å². The molecule has 0 fully saturated rings. The number of aryl methyl sites for hydroxylation is 3. The second-order valence-corrected chi connectivity index (χ2v) is 5.21. The highest BCUT2D eigenvalue weighted by Crippen LogP contribution is 2.32. The highest BCUT2D eigenvalue weighted by Gasteiger charge is 2.21. The standard InChI is InChI=1S/C12H11IN2/c1-6-5-7(2)14-12-10(13)8-3-4-9(8)15-11(6)12/h5H,3-4H2,1-2H3. The van der Waals surface area contributed by atoms with Crippen molar-refractivity contribution in [2.75, 3.05) is 0 Å². The molecule has 1 aliphatic carbocycles. The maximum Gasteiger partial charge on any atom is 0.103 e. The Hall–Kier alpha value is -0.710. The van der Waals surface area contributed by atoms with Crippen LogP contribution in [0.1, 0.15) is 22.5 Å². The van der Waals surface area contributed by atoms with E-state index in [-0.39, 0.29) is 0 Å². The van der Waals surface area contributed by atoms with E-state index in [4.69, 9.17) is 4.98 Å². The molecule has 2 heterocycles. The Morgan fingerprint density at radius 3 is 2.60 bits per heavy atom. The van der Waals surface area contributed by atoms with Crippen molar-refractivity contribution in [3.05, 3.63) is 32.2 Å². The van der Waals surface area contributed by atoms with Crippen LogP contribution in [0.4, 0.5) is 0 Å². The molecule has 0 radical (unpaired) electrons. The first-order chi connectivity index (χ1) is 7.16. The number of hydrogen-bond donors (Lipinski definition) is 0. The summed E-state index contributed by atoms with van der Waals surface area (Å²) in [7, 11) is 0. The van der Waals surface area contributed by atoms with E-state index in [1.807, 2.05) is 6.92 Å². The first kappa shape index (κ1) is 9.51. The summed E-state index contributed by atoms with van der Waals surface area (Å²) in [5.74, 6) is 0. The van der Waals surface area contributed by atoms with Crippen molar-refractivity contribution in [3.63, 3.8) is 0 Å². The van der Waals surface area contributed by atoms with E-state index in [9.17, 15) is 0 Å². The average molecular weight is 310 g/mol. The largest absolute Gasteiger partial charge is 0.251 e. The lowest BCUT2D eigenvalue weighted by atomic mass is 9.93. The molecule has 2 aromatic heterocycles. The van der Waals surface area contributed by atoms with Crippen LogP contribution in [-0.4, -0.2) is 9.97 Å². The SMILES string of the molecule is Cc1cc(C)c2nc3c(c(I)c2n1)CC3. The molecule has 15 heavy (non-hydrogen) atoms. The predicted molar refractivity (Wildman–Crippen MR) is 69.1 cm³/mol. The Balaban J connectivity index is 2.49. The molecule has 0 aromatic carbocycles. The third kappa shape index (κ3) is 1.29. The van der Waals surface area contributed by atoms with Crippen LogP contribution < -0.4 is 0 Å². The zero-order chi connectivity index (χ0) is 10.6. The van der Waals surface area contributed by atoms with Gasteiger partial charge in [-0.05, 0) is 66.5 Å². The number of aromatic nitrogens is 2. The van der Waals surface area contributed by atoms with Gasteiger partial charge in [-0.25, -0.2) is 0 Å². The summed E-state index contributed by atoms with van der Waals surface area (Å²) in [6.07, 6.45) is 2.31.